The molecule has 0 saturated carbocycles. The third-order valence-corrected chi connectivity index (χ3v) is 1.90. The standard InChI is InChI=1S/C7H3BrF3NO/c8-5-2-1-4(3-13)12-6(5)7(9,10)11/h1-3H. The Bertz CT molecular complexity index is 337. The van der Waals surface area contributed by atoms with Gasteiger partial charge in [-0.25, -0.2) is 4.98 Å². The number of aromatic nitrogens is 1. The molecule has 0 aromatic carbocycles. The van der Waals surface area contributed by atoms with E-state index in [1.165, 1.54) is 6.07 Å². The Labute approximate surface area is 79.9 Å². The van der Waals surface area contributed by atoms with Crippen LogP contribution in [0.4, 0.5) is 13.2 Å². The van der Waals surface area contributed by atoms with Crippen LogP contribution in [0.5, 0.6) is 0 Å². The number of hydrogen-bond donors (Lipinski definition) is 0. The van der Waals surface area contributed by atoms with Gasteiger partial charge in [0.15, 0.2) is 12.0 Å². The van der Waals surface area contributed by atoms with Gasteiger partial charge in [-0.1, -0.05) is 0 Å². The van der Waals surface area contributed by atoms with Crippen LogP contribution < -0.4 is 0 Å². The zero-order chi connectivity index (χ0) is 10.1. The van der Waals surface area contributed by atoms with Crippen molar-refractivity contribution in [1.82, 2.24) is 4.98 Å². The Kier molecular flexibility index (Phi) is 2.70. The van der Waals surface area contributed by atoms with E-state index in [1.807, 2.05) is 0 Å². The molecule has 0 amide bonds. The number of halogens is 4. The topological polar surface area (TPSA) is 30.0 Å². The SMILES string of the molecule is O=Cc1ccc(Br)c(C(F)(F)F)n1. The van der Waals surface area contributed by atoms with Gasteiger partial charge in [0.25, 0.3) is 0 Å². The number of carbonyl (C=O) groups is 1. The van der Waals surface area contributed by atoms with Gasteiger partial charge in [0.05, 0.1) is 0 Å². The molecule has 0 radical (unpaired) electrons. The van der Waals surface area contributed by atoms with Crippen molar-refractivity contribution in [3.63, 3.8) is 0 Å². The fourth-order valence-corrected chi connectivity index (χ4v) is 1.17. The van der Waals surface area contributed by atoms with Crippen molar-refractivity contribution >= 4 is 22.2 Å². The summed E-state index contributed by atoms with van der Waals surface area (Å²) in [7, 11) is 0. The fraction of sp³-hybridized carbons (Fsp3) is 0.143. The maximum Gasteiger partial charge on any atom is 0.434 e. The summed E-state index contributed by atoms with van der Waals surface area (Å²) in [5.41, 5.74) is -1.33. The second-order valence-corrected chi connectivity index (χ2v) is 3.04. The highest BCUT2D eigenvalue weighted by molar-refractivity contribution is 9.10. The minimum absolute atomic E-state index is 0.175. The summed E-state index contributed by atoms with van der Waals surface area (Å²) in [5, 5.41) is 0. The first-order chi connectivity index (χ1) is 5.95. The minimum atomic E-state index is -4.54. The lowest BCUT2D eigenvalue weighted by atomic mass is 10.3. The Morgan fingerprint density at radius 3 is 2.46 bits per heavy atom. The lowest BCUT2D eigenvalue weighted by Crippen LogP contribution is -2.10. The van der Waals surface area contributed by atoms with Gasteiger partial charge in [-0.15, -0.1) is 0 Å². The van der Waals surface area contributed by atoms with Gasteiger partial charge >= 0.3 is 6.18 Å². The summed E-state index contributed by atoms with van der Waals surface area (Å²) in [6.07, 6.45) is -4.28. The lowest BCUT2D eigenvalue weighted by molar-refractivity contribution is -0.141. The molecule has 70 valence electrons. The molecule has 0 aliphatic rings. The van der Waals surface area contributed by atoms with Crippen molar-refractivity contribution in [2.24, 2.45) is 0 Å². The molecule has 0 unspecified atom stereocenters. The molecule has 0 saturated heterocycles. The van der Waals surface area contributed by atoms with Crippen molar-refractivity contribution < 1.29 is 18.0 Å². The highest BCUT2D eigenvalue weighted by Gasteiger charge is 2.35. The monoisotopic (exact) mass is 253 g/mol. The lowest BCUT2D eigenvalue weighted by Gasteiger charge is -2.07. The van der Waals surface area contributed by atoms with Crippen LogP contribution in [-0.4, -0.2) is 11.3 Å². The van der Waals surface area contributed by atoms with E-state index in [9.17, 15) is 18.0 Å². The summed E-state index contributed by atoms with van der Waals surface area (Å²) in [6.45, 7) is 0. The van der Waals surface area contributed by atoms with E-state index in [0.29, 0.717) is 0 Å². The van der Waals surface area contributed by atoms with Gasteiger partial charge in [0, 0.05) is 4.47 Å². The zero-order valence-corrected chi connectivity index (χ0v) is 7.69. The number of aldehydes is 1. The summed E-state index contributed by atoms with van der Waals surface area (Å²) in [4.78, 5) is 13.3. The van der Waals surface area contributed by atoms with Gasteiger partial charge < -0.3 is 0 Å². The number of nitrogens with zero attached hydrogens (tertiary/aromatic N) is 1. The van der Waals surface area contributed by atoms with E-state index >= 15 is 0 Å². The van der Waals surface area contributed by atoms with Crippen LogP contribution in [0.15, 0.2) is 16.6 Å². The van der Waals surface area contributed by atoms with E-state index in [0.717, 1.165) is 6.07 Å². The fourth-order valence-electron chi connectivity index (χ4n) is 0.722. The van der Waals surface area contributed by atoms with Crippen molar-refractivity contribution in [3.05, 3.63) is 28.0 Å². The van der Waals surface area contributed by atoms with E-state index in [-0.39, 0.29) is 16.5 Å². The van der Waals surface area contributed by atoms with Gasteiger partial charge in [0.1, 0.15) is 5.69 Å². The molecule has 0 aliphatic carbocycles. The number of alkyl halides is 3. The van der Waals surface area contributed by atoms with Crippen molar-refractivity contribution in [1.29, 1.82) is 0 Å². The van der Waals surface area contributed by atoms with Gasteiger partial charge in [-0.3, -0.25) is 4.79 Å². The van der Waals surface area contributed by atoms with Gasteiger partial charge in [-0.05, 0) is 28.1 Å². The molecular weight excluding hydrogens is 251 g/mol. The van der Waals surface area contributed by atoms with Crippen molar-refractivity contribution in [2.45, 2.75) is 6.18 Å². The van der Waals surface area contributed by atoms with Crippen LogP contribution in [0.25, 0.3) is 0 Å². The van der Waals surface area contributed by atoms with Gasteiger partial charge in [-0.2, -0.15) is 13.2 Å². The normalized spacial score (nSPS) is 11.4. The predicted octanol–water partition coefficient (Wildman–Crippen LogP) is 2.68. The third-order valence-electron chi connectivity index (χ3n) is 1.26. The molecule has 0 N–H and O–H groups in total. The first-order valence-corrected chi connectivity index (χ1v) is 3.93. The molecule has 0 fully saturated rings. The number of carbonyl (C=O) groups excluding carboxylic acids is 1. The Balaban J connectivity index is 3.27. The molecule has 0 atom stereocenters. The van der Waals surface area contributed by atoms with E-state index in [4.69, 9.17) is 0 Å². The smallest absolute Gasteiger partial charge is 0.296 e. The van der Waals surface area contributed by atoms with Crippen LogP contribution >= 0.6 is 15.9 Å². The van der Waals surface area contributed by atoms with Crippen molar-refractivity contribution in [3.8, 4) is 0 Å². The molecule has 1 rings (SSSR count). The Hall–Kier alpha value is -0.910. The molecule has 13 heavy (non-hydrogen) atoms. The van der Waals surface area contributed by atoms with Crippen LogP contribution in [0.1, 0.15) is 16.2 Å². The molecular formula is C7H3BrF3NO. The molecule has 0 spiro atoms. The van der Waals surface area contributed by atoms with Crippen LogP contribution in [0.2, 0.25) is 0 Å². The molecule has 1 heterocycles. The quantitative estimate of drug-likeness (QED) is 0.721. The molecule has 0 bridgehead atoms. The van der Waals surface area contributed by atoms with E-state index < -0.39 is 11.9 Å². The number of pyridine rings is 1. The summed E-state index contributed by atoms with van der Waals surface area (Å²) < 4.78 is 36.3. The molecule has 2 nitrogen and oxygen atoms in total. The first kappa shape index (κ1) is 10.2. The summed E-state index contributed by atoms with van der Waals surface area (Å²) in [6, 6.07) is 2.34. The predicted molar refractivity (Wildman–Crippen MR) is 42.3 cm³/mol. The highest BCUT2D eigenvalue weighted by Crippen LogP contribution is 2.32. The second kappa shape index (κ2) is 3.45. The van der Waals surface area contributed by atoms with Gasteiger partial charge in [0.2, 0.25) is 0 Å². The number of hydrogen-bond acceptors (Lipinski definition) is 2. The largest absolute Gasteiger partial charge is 0.434 e. The molecule has 6 heteroatoms. The van der Waals surface area contributed by atoms with Crippen LogP contribution in [-0.2, 0) is 6.18 Å². The third kappa shape index (κ3) is 2.27. The number of rotatable bonds is 1. The highest BCUT2D eigenvalue weighted by atomic mass is 79.9. The maximum absolute atomic E-state index is 12.2. The van der Waals surface area contributed by atoms with Crippen LogP contribution in [0.3, 0.4) is 0 Å². The Morgan fingerprint density at radius 1 is 1.38 bits per heavy atom. The zero-order valence-electron chi connectivity index (χ0n) is 6.10. The van der Waals surface area contributed by atoms with E-state index in [2.05, 4.69) is 20.9 Å². The summed E-state index contributed by atoms with van der Waals surface area (Å²) >= 11 is 2.70. The molecule has 0 aliphatic heterocycles. The first-order valence-electron chi connectivity index (χ1n) is 3.14. The summed E-state index contributed by atoms with van der Waals surface area (Å²) in [5.74, 6) is 0. The van der Waals surface area contributed by atoms with E-state index in [1.54, 1.807) is 0 Å². The van der Waals surface area contributed by atoms with Crippen LogP contribution in [0, 0.1) is 0 Å². The van der Waals surface area contributed by atoms with Crippen molar-refractivity contribution in [2.75, 3.05) is 0 Å². The molecule has 1 aromatic heterocycles. The maximum atomic E-state index is 12.2. The minimum Gasteiger partial charge on any atom is -0.296 e. The second-order valence-electron chi connectivity index (χ2n) is 2.18. The average molecular weight is 254 g/mol. The average Bonchev–Trinajstić information content (AvgIpc) is 2.03. The Morgan fingerprint density at radius 2 is 2.00 bits per heavy atom. The molecule has 1 aromatic rings.